The summed E-state index contributed by atoms with van der Waals surface area (Å²) in [6, 6.07) is 20.4. The molecule has 3 aromatic carbocycles. The maximum atomic E-state index is 13.5. The minimum absolute atomic E-state index is 0.153. The van der Waals surface area contributed by atoms with E-state index in [9.17, 15) is 9.59 Å². The van der Waals surface area contributed by atoms with Gasteiger partial charge in [0.2, 0.25) is 0 Å². The zero-order chi connectivity index (χ0) is 25.2. The molecule has 0 bridgehead atoms. The number of carbonyl (C=O) groups is 1. The van der Waals surface area contributed by atoms with Gasteiger partial charge in [0.25, 0.3) is 11.5 Å². The van der Waals surface area contributed by atoms with Gasteiger partial charge in [0.1, 0.15) is 17.0 Å². The first-order valence-corrected chi connectivity index (χ1v) is 12.2. The van der Waals surface area contributed by atoms with Crippen LogP contribution in [0.25, 0.3) is 17.0 Å². The van der Waals surface area contributed by atoms with Crippen molar-refractivity contribution in [1.29, 1.82) is 0 Å². The molecule has 36 heavy (non-hydrogen) atoms. The number of aryl methyl sites for hydroxylation is 2. The molecular formula is C27H23N5O3S. The van der Waals surface area contributed by atoms with Gasteiger partial charge >= 0.3 is 0 Å². The van der Waals surface area contributed by atoms with E-state index in [4.69, 9.17) is 4.74 Å². The topological polar surface area (TPSA) is 89.7 Å². The monoisotopic (exact) mass is 497 g/mol. The number of nitrogens with zero attached hydrogens (tertiary/aromatic N) is 5. The van der Waals surface area contributed by atoms with Crippen LogP contribution < -0.4 is 15.2 Å². The Morgan fingerprint density at radius 2 is 1.69 bits per heavy atom. The van der Waals surface area contributed by atoms with Crippen LogP contribution in [0.3, 0.4) is 0 Å². The number of fused-ring (bicyclic) bond motifs is 1. The van der Waals surface area contributed by atoms with Gasteiger partial charge in [0, 0.05) is 0 Å². The van der Waals surface area contributed by atoms with Crippen LogP contribution in [0.2, 0.25) is 0 Å². The number of amides is 1. The lowest BCUT2D eigenvalue weighted by atomic mass is 10.1. The van der Waals surface area contributed by atoms with Crippen LogP contribution in [-0.4, -0.2) is 33.2 Å². The van der Waals surface area contributed by atoms with Crippen LogP contribution in [0.15, 0.2) is 82.2 Å². The Bertz CT molecular complexity index is 1570. The normalized spacial score (nSPS) is 14.5. The van der Waals surface area contributed by atoms with Gasteiger partial charge in [-0.3, -0.25) is 14.5 Å². The highest BCUT2D eigenvalue weighted by Gasteiger charge is 2.32. The van der Waals surface area contributed by atoms with E-state index < -0.39 is 0 Å². The minimum atomic E-state index is -0.245. The average molecular weight is 498 g/mol. The first-order chi connectivity index (χ1) is 17.4. The molecule has 0 unspecified atom stereocenters. The lowest BCUT2D eigenvalue weighted by Crippen LogP contribution is -2.31. The summed E-state index contributed by atoms with van der Waals surface area (Å²) in [6.45, 7) is 3.97. The average Bonchev–Trinajstić information content (AvgIpc) is 3.18. The van der Waals surface area contributed by atoms with Crippen LogP contribution in [-0.2, 0) is 10.7 Å². The maximum absolute atomic E-state index is 13.5. The molecule has 9 heteroatoms. The van der Waals surface area contributed by atoms with Gasteiger partial charge in [-0.15, -0.1) is 5.10 Å². The van der Waals surface area contributed by atoms with Crippen molar-refractivity contribution in [2.45, 2.75) is 19.7 Å². The lowest BCUT2D eigenvalue weighted by molar-refractivity contribution is -0.113. The van der Waals surface area contributed by atoms with Crippen molar-refractivity contribution in [1.82, 2.24) is 15.0 Å². The summed E-state index contributed by atoms with van der Waals surface area (Å²) in [7, 11) is 1.61. The molecule has 0 spiro atoms. The Labute approximate surface area is 211 Å². The molecule has 0 aliphatic carbocycles. The summed E-state index contributed by atoms with van der Waals surface area (Å²) in [5.41, 5.74) is 4.21. The van der Waals surface area contributed by atoms with Crippen molar-refractivity contribution in [3.05, 3.63) is 99.5 Å². The Hall–Kier alpha value is -4.24. The number of rotatable bonds is 5. The molecule has 1 aliphatic rings. The molecule has 2 heterocycles. The highest BCUT2D eigenvalue weighted by Crippen LogP contribution is 2.31. The fourth-order valence-corrected chi connectivity index (χ4v) is 4.87. The molecule has 0 atom stereocenters. The van der Waals surface area contributed by atoms with Crippen molar-refractivity contribution in [3.8, 4) is 5.75 Å². The molecule has 0 radical (unpaired) electrons. The lowest BCUT2D eigenvalue weighted by Gasteiger charge is -2.19. The number of thioether (sulfide) groups is 1. The first-order valence-electron chi connectivity index (χ1n) is 11.3. The number of hydrogen-bond donors (Lipinski definition) is 0. The van der Waals surface area contributed by atoms with Crippen LogP contribution in [0, 0.1) is 13.8 Å². The number of anilines is 1. The fourth-order valence-electron chi connectivity index (χ4n) is 3.99. The van der Waals surface area contributed by atoms with Crippen LogP contribution >= 0.6 is 11.8 Å². The van der Waals surface area contributed by atoms with E-state index in [0.29, 0.717) is 21.8 Å². The Morgan fingerprint density at radius 3 is 2.42 bits per heavy atom. The highest BCUT2D eigenvalue weighted by molar-refractivity contribution is 8.13. The van der Waals surface area contributed by atoms with E-state index in [1.165, 1.54) is 16.4 Å². The molecule has 0 fully saturated rings. The highest BCUT2D eigenvalue weighted by atomic mass is 32.2. The zero-order valence-electron chi connectivity index (χ0n) is 20.0. The number of ether oxygens (including phenoxy) is 1. The maximum Gasteiger partial charge on any atom is 0.283 e. The minimum Gasteiger partial charge on any atom is -0.497 e. The van der Waals surface area contributed by atoms with Gasteiger partial charge in [-0.2, -0.15) is 4.68 Å². The third kappa shape index (κ3) is 4.65. The molecule has 0 saturated carbocycles. The molecule has 1 amide bonds. The van der Waals surface area contributed by atoms with Crippen molar-refractivity contribution in [2.75, 3.05) is 12.0 Å². The summed E-state index contributed by atoms with van der Waals surface area (Å²) in [6.07, 6.45) is 1.74. The van der Waals surface area contributed by atoms with Gasteiger partial charge in [-0.25, -0.2) is 4.99 Å². The number of methoxy groups -OCH3 is 1. The SMILES string of the molecule is COc1ccc(/C=C2/N=C(SCn3nnc4ccccc4c3=O)N(c3cc(C)cc(C)c3)C2=O)cc1. The van der Waals surface area contributed by atoms with Crippen molar-refractivity contribution in [3.63, 3.8) is 0 Å². The van der Waals surface area contributed by atoms with Crippen molar-refractivity contribution in [2.24, 2.45) is 4.99 Å². The predicted molar refractivity (Wildman–Crippen MR) is 143 cm³/mol. The molecule has 1 aliphatic heterocycles. The van der Waals surface area contributed by atoms with E-state index in [1.54, 1.807) is 36.3 Å². The number of amidine groups is 1. The summed E-state index contributed by atoms with van der Waals surface area (Å²) in [5.74, 6) is 0.642. The van der Waals surface area contributed by atoms with Gasteiger partial charge in [-0.1, -0.05) is 47.3 Å². The number of hydrogen-bond acceptors (Lipinski definition) is 7. The molecule has 0 saturated heterocycles. The Morgan fingerprint density at radius 1 is 0.972 bits per heavy atom. The van der Waals surface area contributed by atoms with E-state index in [-0.39, 0.29) is 17.3 Å². The summed E-state index contributed by atoms with van der Waals surface area (Å²) in [5, 5.41) is 9.16. The van der Waals surface area contributed by atoms with Crippen molar-refractivity contribution < 1.29 is 9.53 Å². The molecular weight excluding hydrogens is 474 g/mol. The van der Waals surface area contributed by atoms with Gasteiger partial charge in [-0.05, 0) is 73.0 Å². The van der Waals surface area contributed by atoms with E-state index >= 15 is 0 Å². The molecule has 180 valence electrons. The van der Waals surface area contributed by atoms with Crippen LogP contribution in [0.4, 0.5) is 5.69 Å². The second-order valence-corrected chi connectivity index (χ2v) is 9.28. The predicted octanol–water partition coefficient (Wildman–Crippen LogP) is 4.55. The summed E-state index contributed by atoms with van der Waals surface area (Å²) in [4.78, 5) is 32.7. The number of aliphatic imine (C=N–C) groups is 1. The first kappa shape index (κ1) is 23.5. The van der Waals surface area contributed by atoms with Gasteiger partial charge < -0.3 is 4.74 Å². The van der Waals surface area contributed by atoms with Crippen molar-refractivity contribution >= 4 is 45.5 Å². The van der Waals surface area contributed by atoms with Gasteiger partial charge in [0.15, 0.2) is 5.17 Å². The van der Waals surface area contributed by atoms with Crippen LogP contribution in [0.5, 0.6) is 5.75 Å². The van der Waals surface area contributed by atoms with E-state index in [1.807, 2.05) is 62.4 Å². The van der Waals surface area contributed by atoms with Gasteiger partial charge in [0.05, 0.1) is 24.1 Å². The Kier molecular flexibility index (Phi) is 6.39. The third-order valence-electron chi connectivity index (χ3n) is 5.66. The molecule has 5 rings (SSSR count). The second kappa shape index (κ2) is 9.79. The van der Waals surface area contributed by atoms with Crippen LogP contribution in [0.1, 0.15) is 16.7 Å². The summed E-state index contributed by atoms with van der Waals surface area (Å²) >= 11 is 1.25. The number of benzene rings is 3. The Balaban J connectivity index is 1.51. The fraction of sp³-hybridized carbons (Fsp3) is 0.148. The zero-order valence-corrected chi connectivity index (χ0v) is 20.8. The second-order valence-electron chi connectivity index (χ2n) is 8.37. The molecule has 4 aromatic rings. The smallest absolute Gasteiger partial charge is 0.283 e. The molecule has 1 aromatic heterocycles. The van der Waals surface area contributed by atoms with E-state index in [0.717, 1.165) is 28.1 Å². The third-order valence-corrected chi connectivity index (χ3v) is 6.56. The standard InChI is InChI=1S/C27H23N5O3S/c1-17-12-18(2)14-20(13-17)32-26(34)24(15-19-8-10-21(35-3)11-9-19)28-27(32)36-16-31-25(33)22-6-4-5-7-23(22)29-30-31/h4-15H,16H2,1-3H3/b24-15+. The molecule has 8 nitrogen and oxygen atoms in total. The van der Waals surface area contributed by atoms with E-state index in [2.05, 4.69) is 15.3 Å². The number of aromatic nitrogens is 3. The quantitative estimate of drug-likeness (QED) is 0.376. The number of carbonyl (C=O) groups excluding carboxylic acids is 1. The summed E-state index contributed by atoms with van der Waals surface area (Å²) < 4.78 is 6.50. The largest absolute Gasteiger partial charge is 0.497 e. The molecule has 0 N–H and O–H groups in total.